The molecule has 0 unspecified atom stereocenters. The minimum absolute atomic E-state index is 0.0759. The van der Waals surface area contributed by atoms with Crippen molar-refractivity contribution < 1.29 is 27.1 Å². The summed E-state index contributed by atoms with van der Waals surface area (Å²) in [5.74, 6) is -8.48. The summed E-state index contributed by atoms with van der Waals surface area (Å²) in [7, 11) is 0. The highest BCUT2D eigenvalue weighted by Crippen LogP contribution is 2.31. The van der Waals surface area contributed by atoms with Crippen LogP contribution in [-0.2, 0) is 0 Å². The Bertz CT molecular complexity index is 1190. The lowest BCUT2D eigenvalue weighted by Crippen LogP contribution is -2.14. The zero-order chi connectivity index (χ0) is 20.5. The fourth-order valence-electron chi connectivity index (χ4n) is 3.14. The number of fused-ring (bicyclic) bond motifs is 1. The number of ether oxygens (including phenoxy) is 1. The zero-order valence-corrected chi connectivity index (χ0v) is 14.8. The van der Waals surface area contributed by atoms with Crippen molar-refractivity contribution in [3.05, 3.63) is 89.5 Å². The number of carbonyl (C=O) groups excluding carboxylic acids is 1. The third-order valence-corrected chi connectivity index (χ3v) is 4.47. The van der Waals surface area contributed by atoms with Crippen molar-refractivity contribution in [2.24, 2.45) is 0 Å². The van der Waals surface area contributed by atoms with E-state index in [4.69, 9.17) is 4.74 Å². The molecule has 4 aromatic rings. The number of H-pyrrole nitrogens is 1. The highest BCUT2D eigenvalue weighted by molar-refractivity contribution is 6.13. The number of ketones is 1. The number of hydrogen-bond donors (Lipinski definition) is 1. The quantitative estimate of drug-likeness (QED) is 0.268. The van der Waals surface area contributed by atoms with E-state index in [9.17, 15) is 22.4 Å². The summed E-state index contributed by atoms with van der Waals surface area (Å²) in [6, 6.07) is 16.1. The SMILES string of the molecule is O=C(COc1c(F)c(F)cc(F)c1F)c1c(-c2ccccc2)[nH]c2ccccc12. The minimum atomic E-state index is -1.70. The first-order valence-corrected chi connectivity index (χ1v) is 8.62. The van der Waals surface area contributed by atoms with Gasteiger partial charge in [-0.15, -0.1) is 0 Å². The summed E-state index contributed by atoms with van der Waals surface area (Å²) >= 11 is 0. The fourth-order valence-corrected chi connectivity index (χ4v) is 3.14. The summed E-state index contributed by atoms with van der Waals surface area (Å²) < 4.78 is 59.2. The number of Topliss-reactive ketones (excluding diaryl/α,β-unsaturated/α-hetero) is 1. The molecule has 0 radical (unpaired) electrons. The second kappa shape index (κ2) is 7.43. The van der Waals surface area contributed by atoms with Gasteiger partial charge in [0.2, 0.25) is 17.4 Å². The van der Waals surface area contributed by atoms with Gasteiger partial charge in [0.15, 0.2) is 24.0 Å². The van der Waals surface area contributed by atoms with Crippen molar-refractivity contribution in [2.75, 3.05) is 6.61 Å². The number of aromatic amines is 1. The molecule has 0 spiro atoms. The second-order valence-corrected chi connectivity index (χ2v) is 6.30. The number of halogens is 4. The molecular formula is C22H13F4NO2. The Morgan fingerprint density at radius 1 is 0.862 bits per heavy atom. The van der Waals surface area contributed by atoms with Crippen molar-refractivity contribution in [3.8, 4) is 17.0 Å². The molecule has 0 aliphatic rings. The highest BCUT2D eigenvalue weighted by atomic mass is 19.2. The van der Waals surface area contributed by atoms with Crippen molar-refractivity contribution >= 4 is 16.7 Å². The monoisotopic (exact) mass is 399 g/mol. The maximum atomic E-state index is 13.8. The van der Waals surface area contributed by atoms with Crippen LogP contribution < -0.4 is 4.74 Å². The maximum Gasteiger partial charge on any atom is 0.203 e. The number of nitrogens with one attached hydrogen (secondary N) is 1. The minimum Gasteiger partial charge on any atom is -0.479 e. The zero-order valence-electron chi connectivity index (χ0n) is 14.8. The first kappa shape index (κ1) is 18.7. The predicted molar refractivity (Wildman–Crippen MR) is 99.8 cm³/mol. The van der Waals surface area contributed by atoms with Crippen molar-refractivity contribution in [1.29, 1.82) is 0 Å². The molecule has 4 rings (SSSR count). The number of carbonyl (C=O) groups is 1. The van der Waals surface area contributed by atoms with E-state index in [0.717, 1.165) is 5.56 Å². The molecule has 1 N–H and O–H groups in total. The lowest BCUT2D eigenvalue weighted by Gasteiger charge is -2.10. The van der Waals surface area contributed by atoms with Gasteiger partial charge in [-0.2, -0.15) is 8.78 Å². The van der Waals surface area contributed by atoms with E-state index in [0.29, 0.717) is 16.6 Å². The van der Waals surface area contributed by atoms with Gasteiger partial charge in [-0.05, 0) is 11.6 Å². The Kier molecular flexibility index (Phi) is 4.80. The van der Waals surface area contributed by atoms with Crippen LogP contribution in [0.15, 0.2) is 60.7 Å². The number of aromatic nitrogens is 1. The Balaban J connectivity index is 1.73. The Hall–Kier alpha value is -3.61. The molecule has 0 fully saturated rings. The van der Waals surface area contributed by atoms with Gasteiger partial charge in [-0.3, -0.25) is 4.79 Å². The number of rotatable bonds is 5. The molecule has 0 aliphatic carbocycles. The summed E-state index contributed by atoms with van der Waals surface area (Å²) in [5.41, 5.74) is 2.17. The number of benzene rings is 3. The van der Waals surface area contributed by atoms with Gasteiger partial charge in [-0.25, -0.2) is 8.78 Å². The molecule has 3 aromatic carbocycles. The first-order valence-electron chi connectivity index (χ1n) is 8.62. The molecule has 0 saturated heterocycles. The first-order chi connectivity index (χ1) is 14.0. The average Bonchev–Trinajstić information content (AvgIpc) is 3.12. The third kappa shape index (κ3) is 3.35. The fraction of sp³-hybridized carbons (Fsp3) is 0.0455. The molecule has 146 valence electrons. The topological polar surface area (TPSA) is 42.1 Å². The summed E-state index contributed by atoms with van der Waals surface area (Å²) in [5, 5.41) is 0.589. The lowest BCUT2D eigenvalue weighted by atomic mass is 10.0. The molecule has 29 heavy (non-hydrogen) atoms. The van der Waals surface area contributed by atoms with Crippen molar-refractivity contribution in [1.82, 2.24) is 4.98 Å². The van der Waals surface area contributed by atoms with Gasteiger partial charge in [-0.1, -0.05) is 48.5 Å². The average molecular weight is 399 g/mol. The number of hydrogen-bond acceptors (Lipinski definition) is 2. The van der Waals surface area contributed by atoms with Crippen molar-refractivity contribution in [2.45, 2.75) is 0 Å². The summed E-state index contributed by atoms with van der Waals surface area (Å²) in [6.07, 6.45) is 0. The van der Waals surface area contributed by atoms with Crippen LogP contribution in [0.5, 0.6) is 5.75 Å². The largest absolute Gasteiger partial charge is 0.479 e. The van der Waals surface area contributed by atoms with Crippen molar-refractivity contribution in [3.63, 3.8) is 0 Å². The van der Waals surface area contributed by atoms with Crippen LogP contribution >= 0.6 is 0 Å². The van der Waals surface area contributed by atoms with E-state index in [2.05, 4.69) is 4.98 Å². The highest BCUT2D eigenvalue weighted by Gasteiger charge is 2.24. The van der Waals surface area contributed by atoms with E-state index in [-0.39, 0.29) is 11.6 Å². The predicted octanol–water partition coefficient (Wildman–Crippen LogP) is 5.65. The molecule has 3 nitrogen and oxygen atoms in total. The number of para-hydroxylation sites is 1. The summed E-state index contributed by atoms with van der Waals surface area (Å²) in [6.45, 7) is -0.807. The standard InChI is InChI=1S/C22H13F4NO2/c23-14-10-15(24)20(26)22(19(14)25)29-11-17(28)18-13-8-4-5-9-16(13)27-21(18)12-6-2-1-3-7-12/h1-10,27H,11H2. The Labute approximate surface area is 162 Å². The van der Waals surface area contributed by atoms with E-state index in [1.165, 1.54) is 0 Å². The van der Waals surface area contributed by atoms with Crippen LogP contribution in [0.25, 0.3) is 22.2 Å². The molecule has 0 atom stereocenters. The Morgan fingerprint density at radius 2 is 1.48 bits per heavy atom. The van der Waals surface area contributed by atoms with Gasteiger partial charge in [0.25, 0.3) is 0 Å². The molecule has 0 amide bonds. The van der Waals surface area contributed by atoms with E-state index >= 15 is 0 Å². The molecule has 0 saturated carbocycles. The molecule has 7 heteroatoms. The van der Waals surface area contributed by atoms with Crippen LogP contribution in [0, 0.1) is 23.3 Å². The van der Waals surface area contributed by atoms with Crippen LogP contribution in [0.2, 0.25) is 0 Å². The van der Waals surface area contributed by atoms with Gasteiger partial charge in [0.05, 0.1) is 11.3 Å². The third-order valence-electron chi connectivity index (χ3n) is 4.47. The van der Waals surface area contributed by atoms with Gasteiger partial charge in [0, 0.05) is 17.0 Å². The van der Waals surface area contributed by atoms with Crippen LogP contribution in [0.3, 0.4) is 0 Å². The van der Waals surface area contributed by atoms with E-state index in [1.807, 2.05) is 6.07 Å². The smallest absolute Gasteiger partial charge is 0.203 e. The molecule has 1 aromatic heterocycles. The molecule has 1 heterocycles. The van der Waals surface area contributed by atoms with E-state index < -0.39 is 41.4 Å². The Morgan fingerprint density at radius 3 is 2.17 bits per heavy atom. The maximum absolute atomic E-state index is 13.8. The second-order valence-electron chi connectivity index (χ2n) is 6.30. The molecular weight excluding hydrogens is 386 g/mol. The molecule has 0 bridgehead atoms. The van der Waals surface area contributed by atoms with Crippen LogP contribution in [0.1, 0.15) is 10.4 Å². The van der Waals surface area contributed by atoms with Gasteiger partial charge >= 0.3 is 0 Å². The van der Waals surface area contributed by atoms with Crippen LogP contribution in [-0.4, -0.2) is 17.4 Å². The summed E-state index contributed by atoms with van der Waals surface area (Å²) in [4.78, 5) is 16.1. The molecule has 0 aliphatic heterocycles. The van der Waals surface area contributed by atoms with Crippen LogP contribution in [0.4, 0.5) is 17.6 Å². The normalized spacial score (nSPS) is 11.0. The van der Waals surface area contributed by atoms with Gasteiger partial charge < -0.3 is 9.72 Å². The van der Waals surface area contributed by atoms with Gasteiger partial charge in [0.1, 0.15) is 0 Å². The lowest BCUT2D eigenvalue weighted by molar-refractivity contribution is 0.0916. The van der Waals surface area contributed by atoms with E-state index in [1.54, 1.807) is 48.5 Å².